The molecule has 9 heteroatoms. The summed E-state index contributed by atoms with van der Waals surface area (Å²) in [5.74, 6) is 0.373. The van der Waals surface area contributed by atoms with Crippen molar-refractivity contribution in [2.24, 2.45) is 4.99 Å². The van der Waals surface area contributed by atoms with Crippen LogP contribution < -0.4 is 9.47 Å². The lowest BCUT2D eigenvalue weighted by molar-refractivity contribution is -0.129. The predicted molar refractivity (Wildman–Crippen MR) is 135 cm³/mol. The number of halogens is 4. The molecule has 0 spiro atoms. The summed E-state index contributed by atoms with van der Waals surface area (Å²) in [4.78, 5) is 16.7. The van der Waals surface area contributed by atoms with Crippen molar-refractivity contribution in [3.63, 3.8) is 0 Å². The molecule has 174 valence electrons. The Balaban J connectivity index is 1.61. The summed E-state index contributed by atoms with van der Waals surface area (Å²) in [6.07, 6.45) is 1.56. The summed E-state index contributed by atoms with van der Waals surface area (Å²) >= 11 is 24.5. The van der Waals surface area contributed by atoms with Crippen molar-refractivity contribution in [2.75, 3.05) is 6.61 Å². The van der Waals surface area contributed by atoms with Gasteiger partial charge in [-0.05, 0) is 66.6 Å². The lowest BCUT2D eigenvalue weighted by Gasteiger charge is -2.14. The Hall–Kier alpha value is -2.70. The molecule has 0 fully saturated rings. The third-order valence-electron chi connectivity index (χ3n) is 4.72. The fourth-order valence-electron chi connectivity index (χ4n) is 3.13. The van der Waals surface area contributed by atoms with Gasteiger partial charge in [0.1, 0.15) is 6.61 Å². The molecule has 0 N–H and O–H groups in total. The van der Waals surface area contributed by atoms with Gasteiger partial charge >= 0.3 is 5.97 Å². The minimum atomic E-state index is -0.599. The molecule has 0 saturated carbocycles. The highest BCUT2D eigenvalue weighted by Crippen LogP contribution is 2.38. The van der Waals surface area contributed by atoms with E-state index in [9.17, 15) is 4.79 Å². The van der Waals surface area contributed by atoms with Crippen molar-refractivity contribution in [1.82, 2.24) is 0 Å². The molecular weight excluding hydrogens is 520 g/mol. The first-order valence-electron chi connectivity index (χ1n) is 10.2. The van der Waals surface area contributed by atoms with Crippen LogP contribution in [0.25, 0.3) is 6.08 Å². The Labute approximate surface area is 216 Å². The molecule has 0 bridgehead atoms. The molecule has 34 heavy (non-hydrogen) atoms. The van der Waals surface area contributed by atoms with Gasteiger partial charge in [0.25, 0.3) is 0 Å². The van der Waals surface area contributed by atoms with Gasteiger partial charge in [0, 0.05) is 10.6 Å². The van der Waals surface area contributed by atoms with E-state index in [1.807, 2.05) is 19.1 Å². The van der Waals surface area contributed by atoms with Crippen LogP contribution in [0.4, 0.5) is 0 Å². The molecule has 1 heterocycles. The van der Waals surface area contributed by atoms with Gasteiger partial charge in [-0.25, -0.2) is 9.79 Å². The lowest BCUT2D eigenvalue weighted by atomic mass is 10.1. The van der Waals surface area contributed by atoms with Crippen LogP contribution in [-0.2, 0) is 16.1 Å². The van der Waals surface area contributed by atoms with Crippen LogP contribution in [-0.4, -0.2) is 18.5 Å². The summed E-state index contributed by atoms with van der Waals surface area (Å²) in [7, 11) is 0. The molecule has 4 rings (SSSR count). The monoisotopic (exact) mass is 535 g/mol. The number of rotatable bonds is 7. The number of hydrogen-bond acceptors (Lipinski definition) is 5. The van der Waals surface area contributed by atoms with E-state index in [1.54, 1.807) is 48.5 Å². The molecule has 0 aliphatic carbocycles. The zero-order valence-corrected chi connectivity index (χ0v) is 20.8. The second kappa shape index (κ2) is 10.7. The normalized spacial score (nSPS) is 14.2. The Kier molecular flexibility index (Phi) is 7.69. The van der Waals surface area contributed by atoms with Gasteiger partial charge in [0.05, 0.1) is 21.7 Å². The maximum absolute atomic E-state index is 12.4. The maximum Gasteiger partial charge on any atom is 0.363 e. The fourth-order valence-corrected chi connectivity index (χ4v) is 3.83. The molecule has 0 aromatic heterocycles. The van der Waals surface area contributed by atoms with Gasteiger partial charge in [-0.3, -0.25) is 0 Å². The smallest absolute Gasteiger partial charge is 0.363 e. The van der Waals surface area contributed by atoms with E-state index in [0.29, 0.717) is 49.3 Å². The first-order valence-corrected chi connectivity index (χ1v) is 11.7. The van der Waals surface area contributed by atoms with Gasteiger partial charge in [-0.15, -0.1) is 0 Å². The number of carbonyl (C=O) groups is 1. The number of hydrogen-bond donors (Lipinski definition) is 0. The summed E-state index contributed by atoms with van der Waals surface area (Å²) in [5, 5.41) is 1.69. The van der Waals surface area contributed by atoms with E-state index in [4.69, 9.17) is 60.6 Å². The number of cyclic esters (lactones) is 1. The van der Waals surface area contributed by atoms with Crippen molar-refractivity contribution < 1.29 is 19.0 Å². The Morgan fingerprint density at radius 2 is 1.68 bits per heavy atom. The molecule has 0 amide bonds. The second-order valence-electron chi connectivity index (χ2n) is 7.14. The number of nitrogens with zero attached hydrogens (tertiary/aromatic N) is 1. The van der Waals surface area contributed by atoms with E-state index in [0.717, 1.165) is 5.56 Å². The fraction of sp³-hybridized carbons (Fsp3) is 0.120. The van der Waals surface area contributed by atoms with E-state index in [2.05, 4.69) is 4.99 Å². The van der Waals surface area contributed by atoms with Gasteiger partial charge < -0.3 is 14.2 Å². The van der Waals surface area contributed by atoms with Crippen molar-refractivity contribution in [1.29, 1.82) is 0 Å². The van der Waals surface area contributed by atoms with Crippen molar-refractivity contribution in [3.05, 3.63) is 97.1 Å². The van der Waals surface area contributed by atoms with Crippen LogP contribution in [0, 0.1) is 0 Å². The second-order valence-corrected chi connectivity index (χ2v) is 8.80. The van der Waals surface area contributed by atoms with Crippen molar-refractivity contribution >= 4 is 64.3 Å². The number of carbonyl (C=O) groups excluding carboxylic acids is 1. The summed E-state index contributed by atoms with van der Waals surface area (Å²) in [5.41, 5.74) is 2.16. The molecule has 0 radical (unpaired) electrons. The van der Waals surface area contributed by atoms with Crippen LogP contribution in [0.5, 0.6) is 11.5 Å². The third kappa shape index (κ3) is 5.68. The van der Waals surface area contributed by atoms with E-state index >= 15 is 0 Å². The van der Waals surface area contributed by atoms with Crippen molar-refractivity contribution in [3.8, 4) is 11.5 Å². The quantitative estimate of drug-likeness (QED) is 0.230. The Morgan fingerprint density at radius 3 is 2.38 bits per heavy atom. The predicted octanol–water partition coefficient (Wildman–Crippen LogP) is 7.62. The first-order chi connectivity index (χ1) is 16.3. The van der Waals surface area contributed by atoms with E-state index < -0.39 is 5.97 Å². The van der Waals surface area contributed by atoms with Crippen LogP contribution in [0.2, 0.25) is 20.1 Å². The number of benzene rings is 3. The molecule has 0 saturated heterocycles. The van der Waals surface area contributed by atoms with Crippen LogP contribution in [0.15, 0.2) is 65.3 Å². The van der Waals surface area contributed by atoms with Gasteiger partial charge in [0.2, 0.25) is 5.90 Å². The van der Waals surface area contributed by atoms with Gasteiger partial charge in [-0.1, -0.05) is 58.5 Å². The zero-order chi connectivity index (χ0) is 24.2. The Bertz CT molecular complexity index is 1300. The Morgan fingerprint density at radius 1 is 0.912 bits per heavy atom. The van der Waals surface area contributed by atoms with E-state index in [-0.39, 0.29) is 18.2 Å². The average Bonchev–Trinajstić information content (AvgIpc) is 3.16. The first kappa shape index (κ1) is 24.4. The minimum absolute atomic E-state index is 0.106. The summed E-state index contributed by atoms with van der Waals surface area (Å²) in [6, 6.07) is 15.5. The number of ether oxygens (including phenoxy) is 3. The highest BCUT2D eigenvalue weighted by molar-refractivity contribution is 6.42. The maximum atomic E-state index is 12.4. The van der Waals surface area contributed by atoms with Crippen LogP contribution in [0.1, 0.15) is 23.6 Å². The molecule has 1 aliphatic heterocycles. The largest absolute Gasteiger partial charge is 0.490 e. The summed E-state index contributed by atoms with van der Waals surface area (Å²) < 4.78 is 17.0. The number of esters is 1. The SMILES string of the molecule is CCOc1cc(/C=C2\N=C(c3ccc(Cl)c(Cl)c3)OC2=O)cc(Cl)c1OCc1ccc(Cl)cc1. The third-order valence-corrected chi connectivity index (χ3v) is 5.99. The van der Waals surface area contributed by atoms with E-state index in [1.165, 1.54) is 0 Å². The summed E-state index contributed by atoms with van der Waals surface area (Å²) in [6.45, 7) is 2.53. The molecular formula is C25H17Cl4NO4. The zero-order valence-electron chi connectivity index (χ0n) is 17.8. The van der Waals surface area contributed by atoms with Gasteiger partial charge in [-0.2, -0.15) is 0 Å². The molecule has 1 aliphatic rings. The molecule has 0 unspecified atom stereocenters. The molecule has 5 nitrogen and oxygen atoms in total. The highest BCUT2D eigenvalue weighted by atomic mass is 35.5. The highest BCUT2D eigenvalue weighted by Gasteiger charge is 2.25. The molecule has 3 aromatic rings. The minimum Gasteiger partial charge on any atom is -0.490 e. The van der Waals surface area contributed by atoms with Gasteiger partial charge in [0.15, 0.2) is 17.2 Å². The standard InChI is InChI=1S/C25H17Cl4NO4/c1-2-32-22-11-15(9-20(29)23(22)33-13-14-3-6-17(26)7-4-14)10-21-25(31)34-24(30-21)16-5-8-18(27)19(28)12-16/h3-12H,2,13H2,1H3/b21-10-. The van der Waals surface area contributed by atoms with Crippen LogP contribution in [0.3, 0.4) is 0 Å². The average molecular weight is 537 g/mol. The molecule has 3 aromatic carbocycles. The van der Waals surface area contributed by atoms with Crippen LogP contribution >= 0.6 is 46.4 Å². The lowest BCUT2D eigenvalue weighted by Crippen LogP contribution is -2.05. The topological polar surface area (TPSA) is 57.1 Å². The van der Waals surface area contributed by atoms with Crippen molar-refractivity contribution in [2.45, 2.75) is 13.5 Å². The molecule has 0 atom stereocenters. The number of aliphatic imine (C=N–C) groups is 1.